The van der Waals surface area contributed by atoms with E-state index < -0.39 is 0 Å². The molecule has 0 spiro atoms. The van der Waals surface area contributed by atoms with Crippen molar-refractivity contribution in [1.29, 1.82) is 0 Å². The van der Waals surface area contributed by atoms with Gasteiger partial charge in [-0.15, -0.1) is 0 Å². The molecule has 1 fully saturated rings. The number of allylic oxidation sites excluding steroid dienone is 1. The summed E-state index contributed by atoms with van der Waals surface area (Å²) in [5, 5.41) is 0. The van der Waals surface area contributed by atoms with Gasteiger partial charge in [0.25, 0.3) is 0 Å². The molecule has 0 aliphatic heterocycles. The second kappa shape index (κ2) is 8.89. The van der Waals surface area contributed by atoms with Crippen LogP contribution in [0.1, 0.15) is 64.7 Å². The van der Waals surface area contributed by atoms with Crippen LogP contribution in [0.15, 0.2) is 12.2 Å². The zero-order valence-electron chi connectivity index (χ0n) is 12.1. The first-order valence-corrected chi connectivity index (χ1v) is 7.46. The monoisotopic (exact) mass is 266 g/mol. The Hall–Kier alpha value is -1.12. The van der Waals surface area contributed by atoms with E-state index in [1.54, 1.807) is 0 Å². The number of rotatable bonds is 2. The molecule has 0 N–H and O–H groups in total. The van der Waals surface area contributed by atoms with Gasteiger partial charge in [-0.1, -0.05) is 45.1 Å². The predicted molar refractivity (Wildman–Crippen MR) is 75.8 cm³/mol. The fourth-order valence-corrected chi connectivity index (χ4v) is 2.53. The van der Waals surface area contributed by atoms with Crippen LogP contribution in [0.3, 0.4) is 0 Å². The number of Topliss-reactive ketones (excluding diaryl/α,β-unsaturated/α-hetero) is 1. The maximum absolute atomic E-state index is 12.3. The lowest BCUT2D eigenvalue weighted by atomic mass is 9.90. The summed E-state index contributed by atoms with van der Waals surface area (Å²) < 4.78 is 5.02. The molecule has 0 saturated heterocycles. The third-order valence-electron chi connectivity index (χ3n) is 3.74. The highest BCUT2D eigenvalue weighted by molar-refractivity contribution is 5.96. The van der Waals surface area contributed by atoms with Crippen molar-refractivity contribution in [2.24, 2.45) is 5.92 Å². The number of ether oxygens (including phenoxy) is 1. The molecule has 0 aromatic heterocycles. The maximum Gasteiger partial charge on any atom is 0.302 e. The van der Waals surface area contributed by atoms with E-state index in [1.807, 2.05) is 0 Å². The molecule has 1 atom stereocenters. The van der Waals surface area contributed by atoms with Crippen molar-refractivity contribution in [1.82, 2.24) is 0 Å². The van der Waals surface area contributed by atoms with Gasteiger partial charge in [-0.25, -0.2) is 0 Å². The molecule has 108 valence electrons. The fourth-order valence-electron chi connectivity index (χ4n) is 2.53. The normalized spacial score (nSPS) is 23.3. The van der Waals surface area contributed by atoms with Crippen molar-refractivity contribution in [3.8, 4) is 0 Å². The van der Waals surface area contributed by atoms with E-state index in [-0.39, 0.29) is 24.3 Å². The average molecular weight is 266 g/mol. The van der Waals surface area contributed by atoms with Crippen molar-refractivity contribution in [3.63, 3.8) is 0 Å². The lowest BCUT2D eigenvalue weighted by molar-refractivity contribution is -0.143. The van der Waals surface area contributed by atoms with Gasteiger partial charge in [0.1, 0.15) is 6.61 Å². The maximum atomic E-state index is 12.3. The van der Waals surface area contributed by atoms with E-state index in [4.69, 9.17) is 4.74 Å². The summed E-state index contributed by atoms with van der Waals surface area (Å²) in [6.45, 7) is 5.51. The third-order valence-corrected chi connectivity index (χ3v) is 3.74. The quantitative estimate of drug-likeness (QED) is 0.564. The smallest absolute Gasteiger partial charge is 0.302 e. The van der Waals surface area contributed by atoms with Crippen LogP contribution in [-0.2, 0) is 14.3 Å². The minimum absolute atomic E-state index is 0.0989. The average Bonchev–Trinajstić information content (AvgIpc) is 2.37. The highest BCUT2D eigenvalue weighted by atomic mass is 16.5. The highest BCUT2D eigenvalue weighted by Gasteiger charge is 2.22. The molecular weight excluding hydrogens is 240 g/mol. The summed E-state index contributed by atoms with van der Waals surface area (Å²) in [6, 6.07) is 0. The molecule has 1 saturated carbocycles. The minimum Gasteiger partial charge on any atom is -0.465 e. The zero-order chi connectivity index (χ0) is 14.1. The zero-order valence-corrected chi connectivity index (χ0v) is 12.1. The molecule has 1 unspecified atom stereocenters. The van der Waals surface area contributed by atoms with Crippen LogP contribution in [0.5, 0.6) is 0 Å². The van der Waals surface area contributed by atoms with Crippen LogP contribution in [-0.4, -0.2) is 18.4 Å². The van der Waals surface area contributed by atoms with Gasteiger partial charge in [-0.3, -0.25) is 9.59 Å². The summed E-state index contributed by atoms with van der Waals surface area (Å²) in [6.07, 6.45) is 9.82. The van der Waals surface area contributed by atoms with Gasteiger partial charge >= 0.3 is 5.97 Å². The Morgan fingerprint density at radius 3 is 2.37 bits per heavy atom. The van der Waals surface area contributed by atoms with Crippen LogP contribution in [0.25, 0.3) is 0 Å². The third kappa shape index (κ3) is 6.55. The minimum atomic E-state index is -0.315. The van der Waals surface area contributed by atoms with Gasteiger partial charge in [0.2, 0.25) is 0 Å². The molecule has 1 aliphatic carbocycles. The fraction of sp³-hybridized carbons (Fsp3) is 0.750. The molecule has 3 nitrogen and oxygen atoms in total. The summed E-state index contributed by atoms with van der Waals surface area (Å²) in [4.78, 5) is 23.2. The van der Waals surface area contributed by atoms with Crippen molar-refractivity contribution >= 4 is 11.8 Å². The van der Waals surface area contributed by atoms with Gasteiger partial charge < -0.3 is 4.74 Å². The van der Waals surface area contributed by atoms with Gasteiger partial charge in [-0.2, -0.15) is 0 Å². The van der Waals surface area contributed by atoms with Gasteiger partial charge in [0.15, 0.2) is 5.78 Å². The molecule has 0 heterocycles. The molecule has 3 heteroatoms. The van der Waals surface area contributed by atoms with Crippen LogP contribution in [0.4, 0.5) is 0 Å². The number of hydrogen-bond acceptors (Lipinski definition) is 3. The number of ketones is 1. The second-order valence-electron chi connectivity index (χ2n) is 5.48. The van der Waals surface area contributed by atoms with Gasteiger partial charge in [0, 0.05) is 6.92 Å². The van der Waals surface area contributed by atoms with Crippen LogP contribution in [0.2, 0.25) is 0 Å². The Balaban J connectivity index is 2.57. The first-order chi connectivity index (χ1) is 9.11. The molecule has 1 aliphatic rings. The molecule has 19 heavy (non-hydrogen) atoms. The molecule has 0 radical (unpaired) electrons. The van der Waals surface area contributed by atoms with Crippen LogP contribution < -0.4 is 0 Å². The summed E-state index contributed by atoms with van der Waals surface area (Å²) in [5.41, 5.74) is 0.706. The summed E-state index contributed by atoms with van der Waals surface area (Å²) >= 11 is 0. The van der Waals surface area contributed by atoms with Crippen LogP contribution in [0, 0.1) is 5.92 Å². The molecule has 0 aromatic rings. The van der Waals surface area contributed by atoms with Crippen molar-refractivity contribution in [2.75, 3.05) is 6.61 Å². The van der Waals surface area contributed by atoms with Gasteiger partial charge in [-0.05, 0) is 24.8 Å². The number of carbonyl (C=O) groups is 2. The van der Waals surface area contributed by atoms with Crippen molar-refractivity contribution < 1.29 is 14.3 Å². The Morgan fingerprint density at radius 2 is 1.74 bits per heavy atom. The topological polar surface area (TPSA) is 43.4 Å². The predicted octanol–water partition coefficient (Wildman–Crippen LogP) is 3.82. The number of esters is 1. The summed E-state index contributed by atoms with van der Waals surface area (Å²) in [7, 11) is 0. The lowest BCUT2D eigenvalue weighted by Gasteiger charge is -2.17. The molecule has 0 bridgehead atoms. The van der Waals surface area contributed by atoms with Gasteiger partial charge in [0.05, 0.1) is 5.92 Å². The standard InChI is InChI=1S/C16H26O3/c1-13-10-8-6-4-3-5-7-9-11-15(16(13)18)12-19-14(2)17/h15H,1,3-12H2,2H3. The molecule has 1 rings (SSSR count). The Labute approximate surface area is 116 Å². The highest BCUT2D eigenvalue weighted by Crippen LogP contribution is 2.21. The van der Waals surface area contributed by atoms with E-state index in [1.165, 1.54) is 32.6 Å². The Morgan fingerprint density at radius 1 is 1.16 bits per heavy atom. The van der Waals surface area contributed by atoms with Crippen molar-refractivity contribution in [3.05, 3.63) is 12.2 Å². The first kappa shape index (κ1) is 15.9. The second-order valence-corrected chi connectivity index (χ2v) is 5.48. The molecule has 0 aromatic carbocycles. The summed E-state index contributed by atoms with van der Waals surface area (Å²) in [5.74, 6) is -0.401. The Kier molecular flexibility index (Phi) is 7.46. The SMILES string of the molecule is C=C1CCCCCCCCCC(COC(C)=O)C1=O. The molecular formula is C16H26O3. The van der Waals surface area contributed by atoms with Crippen molar-refractivity contribution in [2.45, 2.75) is 64.7 Å². The first-order valence-electron chi connectivity index (χ1n) is 7.46. The lowest BCUT2D eigenvalue weighted by Crippen LogP contribution is -2.23. The number of hydrogen-bond donors (Lipinski definition) is 0. The van der Waals surface area contributed by atoms with E-state index in [2.05, 4.69) is 6.58 Å². The largest absolute Gasteiger partial charge is 0.465 e. The van der Waals surface area contributed by atoms with E-state index in [9.17, 15) is 9.59 Å². The molecule has 0 amide bonds. The van der Waals surface area contributed by atoms with Crippen LogP contribution >= 0.6 is 0 Å². The van der Waals surface area contributed by atoms with E-state index in [0.29, 0.717) is 5.57 Å². The number of carbonyl (C=O) groups excluding carboxylic acids is 2. The van der Waals surface area contributed by atoms with E-state index in [0.717, 1.165) is 32.1 Å². The Bertz CT molecular complexity index is 320. The van der Waals surface area contributed by atoms with E-state index >= 15 is 0 Å².